The van der Waals surface area contributed by atoms with Gasteiger partial charge >= 0.3 is 0 Å². The molecule has 0 radical (unpaired) electrons. The van der Waals surface area contributed by atoms with Gasteiger partial charge in [0.2, 0.25) is 0 Å². The molecule has 0 atom stereocenters. The number of guanidine groups is 1. The SMILES string of the molecule is CCCNC(N)=NCC1(S(C)(=O)=O)CCC1. The molecular formula is C10H21N3O2S. The molecule has 16 heavy (non-hydrogen) atoms. The number of nitrogens with zero attached hydrogens (tertiary/aromatic N) is 1. The van der Waals surface area contributed by atoms with Crippen LogP contribution in [-0.2, 0) is 9.84 Å². The second-order valence-corrected chi connectivity index (χ2v) is 6.85. The number of rotatable bonds is 5. The molecule has 1 rings (SSSR count). The molecule has 1 fully saturated rings. The van der Waals surface area contributed by atoms with Crippen molar-refractivity contribution >= 4 is 15.8 Å². The Morgan fingerprint density at radius 2 is 2.12 bits per heavy atom. The minimum absolute atomic E-state index is 0.286. The highest BCUT2D eigenvalue weighted by atomic mass is 32.2. The first-order valence-corrected chi connectivity index (χ1v) is 7.54. The monoisotopic (exact) mass is 247 g/mol. The van der Waals surface area contributed by atoms with Crippen molar-refractivity contribution in [3.05, 3.63) is 0 Å². The summed E-state index contributed by atoms with van der Waals surface area (Å²) in [5.74, 6) is 0.344. The summed E-state index contributed by atoms with van der Waals surface area (Å²) in [4.78, 5) is 4.13. The Bertz CT molecular complexity index is 358. The second-order valence-electron chi connectivity index (χ2n) is 4.44. The predicted octanol–water partition coefficient (Wildman–Crippen LogP) is 0.268. The van der Waals surface area contributed by atoms with Crippen LogP contribution in [0, 0.1) is 0 Å². The Balaban J connectivity index is 2.59. The van der Waals surface area contributed by atoms with E-state index < -0.39 is 14.6 Å². The van der Waals surface area contributed by atoms with Crippen molar-refractivity contribution in [1.82, 2.24) is 5.32 Å². The molecule has 0 spiro atoms. The smallest absolute Gasteiger partial charge is 0.188 e. The molecule has 5 nitrogen and oxygen atoms in total. The minimum Gasteiger partial charge on any atom is -0.370 e. The van der Waals surface area contributed by atoms with Crippen molar-refractivity contribution in [3.8, 4) is 0 Å². The Kier molecular flexibility index (Phi) is 4.18. The third kappa shape index (κ3) is 2.87. The van der Waals surface area contributed by atoms with Gasteiger partial charge in [0.25, 0.3) is 0 Å². The molecule has 0 aliphatic heterocycles. The van der Waals surface area contributed by atoms with E-state index in [0.29, 0.717) is 18.8 Å². The molecular weight excluding hydrogens is 226 g/mol. The third-order valence-electron chi connectivity index (χ3n) is 3.15. The fourth-order valence-electron chi connectivity index (χ4n) is 1.76. The average Bonchev–Trinajstić information content (AvgIpc) is 2.10. The summed E-state index contributed by atoms with van der Waals surface area (Å²) in [6.45, 7) is 3.08. The number of nitrogens with one attached hydrogen (secondary N) is 1. The van der Waals surface area contributed by atoms with Crippen molar-refractivity contribution in [2.24, 2.45) is 10.7 Å². The Morgan fingerprint density at radius 1 is 1.50 bits per heavy atom. The zero-order chi connectivity index (χ0) is 12.2. The lowest BCUT2D eigenvalue weighted by atomic mass is 9.84. The molecule has 3 N–H and O–H groups in total. The highest BCUT2D eigenvalue weighted by molar-refractivity contribution is 7.92. The first-order chi connectivity index (χ1) is 7.41. The zero-order valence-electron chi connectivity index (χ0n) is 9.99. The average molecular weight is 247 g/mol. The van der Waals surface area contributed by atoms with Gasteiger partial charge in [-0.05, 0) is 19.3 Å². The summed E-state index contributed by atoms with van der Waals surface area (Å²) in [5.41, 5.74) is 5.63. The van der Waals surface area contributed by atoms with Crippen molar-refractivity contribution < 1.29 is 8.42 Å². The molecule has 0 unspecified atom stereocenters. The molecule has 0 heterocycles. The molecule has 94 valence electrons. The van der Waals surface area contributed by atoms with Crippen molar-refractivity contribution in [2.45, 2.75) is 37.4 Å². The Morgan fingerprint density at radius 3 is 2.50 bits per heavy atom. The van der Waals surface area contributed by atoms with Gasteiger partial charge in [-0.25, -0.2) is 8.42 Å². The lowest BCUT2D eigenvalue weighted by Crippen LogP contribution is -2.48. The molecule has 0 aromatic carbocycles. The van der Waals surface area contributed by atoms with E-state index in [0.717, 1.165) is 19.4 Å². The van der Waals surface area contributed by atoms with Crippen LogP contribution < -0.4 is 11.1 Å². The third-order valence-corrected chi connectivity index (χ3v) is 5.26. The molecule has 0 aromatic rings. The van der Waals surface area contributed by atoms with Crippen LogP contribution in [0.2, 0.25) is 0 Å². The van der Waals surface area contributed by atoms with Crippen LogP contribution in [0.5, 0.6) is 0 Å². The fraction of sp³-hybridized carbons (Fsp3) is 0.900. The van der Waals surface area contributed by atoms with Crippen molar-refractivity contribution in [1.29, 1.82) is 0 Å². The number of hydrogen-bond acceptors (Lipinski definition) is 3. The summed E-state index contributed by atoms with van der Waals surface area (Å²) in [6.07, 6.45) is 4.63. The lowest BCUT2D eigenvalue weighted by Gasteiger charge is -2.38. The molecule has 6 heteroatoms. The van der Waals surface area contributed by atoms with Gasteiger partial charge in [0.05, 0.1) is 11.3 Å². The van der Waals surface area contributed by atoms with Crippen LogP contribution in [0.3, 0.4) is 0 Å². The molecule has 0 bridgehead atoms. The highest BCUT2D eigenvalue weighted by Crippen LogP contribution is 2.39. The van der Waals surface area contributed by atoms with Gasteiger partial charge in [-0.3, -0.25) is 4.99 Å². The van der Waals surface area contributed by atoms with Crippen molar-refractivity contribution in [2.75, 3.05) is 19.3 Å². The van der Waals surface area contributed by atoms with E-state index >= 15 is 0 Å². The van der Waals surface area contributed by atoms with E-state index in [9.17, 15) is 8.42 Å². The quantitative estimate of drug-likeness (QED) is 0.539. The van der Waals surface area contributed by atoms with Gasteiger partial charge in [-0.1, -0.05) is 13.3 Å². The second kappa shape index (κ2) is 5.03. The van der Waals surface area contributed by atoms with Gasteiger partial charge in [-0.2, -0.15) is 0 Å². The van der Waals surface area contributed by atoms with E-state index in [2.05, 4.69) is 10.3 Å². The lowest BCUT2D eigenvalue weighted by molar-refractivity contribution is 0.346. The maximum absolute atomic E-state index is 11.6. The molecule has 0 aromatic heterocycles. The largest absolute Gasteiger partial charge is 0.370 e. The van der Waals surface area contributed by atoms with Crippen LogP contribution in [0.1, 0.15) is 32.6 Å². The summed E-state index contributed by atoms with van der Waals surface area (Å²) >= 11 is 0. The number of sulfone groups is 1. The predicted molar refractivity (Wildman–Crippen MR) is 66.2 cm³/mol. The van der Waals surface area contributed by atoms with E-state index in [4.69, 9.17) is 5.73 Å². The molecule has 1 aliphatic carbocycles. The summed E-state index contributed by atoms with van der Waals surface area (Å²) in [7, 11) is -3.03. The van der Waals surface area contributed by atoms with E-state index in [1.54, 1.807) is 0 Å². The summed E-state index contributed by atoms with van der Waals surface area (Å²) in [5, 5.41) is 2.94. The van der Waals surface area contributed by atoms with Crippen molar-refractivity contribution in [3.63, 3.8) is 0 Å². The molecule has 1 saturated carbocycles. The van der Waals surface area contributed by atoms with Gasteiger partial charge in [0.15, 0.2) is 15.8 Å². The van der Waals surface area contributed by atoms with E-state index in [-0.39, 0.29) is 6.54 Å². The Labute approximate surface area is 97.4 Å². The summed E-state index contributed by atoms with van der Waals surface area (Å²) in [6, 6.07) is 0. The number of hydrogen-bond donors (Lipinski definition) is 2. The maximum atomic E-state index is 11.6. The van der Waals surface area contributed by atoms with E-state index in [1.165, 1.54) is 6.26 Å². The van der Waals surface area contributed by atoms with Crippen LogP contribution >= 0.6 is 0 Å². The molecule has 1 aliphatic rings. The Hall–Kier alpha value is -0.780. The zero-order valence-corrected chi connectivity index (χ0v) is 10.8. The van der Waals surface area contributed by atoms with E-state index in [1.807, 2.05) is 6.92 Å². The van der Waals surface area contributed by atoms with Crippen LogP contribution in [0.4, 0.5) is 0 Å². The first-order valence-electron chi connectivity index (χ1n) is 5.65. The molecule has 0 amide bonds. The molecule has 0 saturated heterocycles. The summed E-state index contributed by atoms with van der Waals surface area (Å²) < 4.78 is 22.6. The topological polar surface area (TPSA) is 84.5 Å². The minimum atomic E-state index is -3.03. The number of aliphatic imine (C=N–C) groups is 1. The normalized spacial score (nSPS) is 20.2. The highest BCUT2D eigenvalue weighted by Gasteiger charge is 2.46. The van der Waals surface area contributed by atoms with Crippen LogP contribution in [0.25, 0.3) is 0 Å². The first kappa shape index (κ1) is 13.3. The van der Waals surface area contributed by atoms with Crippen LogP contribution in [-0.4, -0.2) is 38.5 Å². The van der Waals surface area contributed by atoms with Gasteiger partial charge in [-0.15, -0.1) is 0 Å². The van der Waals surface area contributed by atoms with Gasteiger partial charge in [0, 0.05) is 12.8 Å². The fourth-order valence-corrected chi connectivity index (χ4v) is 3.08. The number of nitrogens with two attached hydrogens (primary N) is 1. The van der Waals surface area contributed by atoms with Crippen LogP contribution in [0.15, 0.2) is 4.99 Å². The van der Waals surface area contributed by atoms with Gasteiger partial charge < -0.3 is 11.1 Å². The maximum Gasteiger partial charge on any atom is 0.188 e. The van der Waals surface area contributed by atoms with Gasteiger partial charge in [0.1, 0.15) is 0 Å². The standard InChI is InChI=1S/C10H21N3O2S/c1-3-7-12-9(11)13-8-10(5-4-6-10)16(2,14)15/h3-8H2,1-2H3,(H3,11,12,13).